The Hall–Kier alpha value is -2.86. The molecule has 0 atom stereocenters. The third kappa shape index (κ3) is 4.59. The summed E-state index contributed by atoms with van der Waals surface area (Å²) in [6, 6.07) is 19.4. The molecule has 1 aromatic heterocycles. The van der Waals surface area contributed by atoms with E-state index in [2.05, 4.69) is 25.8 Å². The molecule has 160 valence electrons. The summed E-state index contributed by atoms with van der Waals surface area (Å²) >= 11 is 3.47. The van der Waals surface area contributed by atoms with Crippen LogP contribution in [0.25, 0.3) is 5.69 Å². The number of carbonyl (C=O) groups is 2. The second kappa shape index (κ2) is 9.10. The van der Waals surface area contributed by atoms with E-state index in [0.29, 0.717) is 18.7 Å². The quantitative estimate of drug-likeness (QED) is 0.578. The molecule has 4 rings (SSSR count). The van der Waals surface area contributed by atoms with Gasteiger partial charge in [-0.25, -0.2) is 0 Å². The number of rotatable bonds is 4. The van der Waals surface area contributed by atoms with Crippen molar-refractivity contribution < 1.29 is 9.59 Å². The highest BCUT2D eigenvalue weighted by molar-refractivity contribution is 9.10. The first-order valence-corrected chi connectivity index (χ1v) is 11.3. The van der Waals surface area contributed by atoms with Crippen molar-refractivity contribution in [3.63, 3.8) is 0 Å². The van der Waals surface area contributed by atoms with Gasteiger partial charge in [0.05, 0.1) is 5.56 Å². The fraction of sp³-hybridized carbons (Fsp3) is 0.280. The summed E-state index contributed by atoms with van der Waals surface area (Å²) in [6.45, 7) is 5.30. The van der Waals surface area contributed by atoms with Crippen LogP contribution in [0.4, 0.5) is 0 Å². The van der Waals surface area contributed by atoms with E-state index in [0.717, 1.165) is 40.0 Å². The topological polar surface area (TPSA) is 54.3 Å². The molecular weight excluding hydrogens is 454 g/mol. The Balaban J connectivity index is 1.42. The van der Waals surface area contributed by atoms with Crippen LogP contribution >= 0.6 is 15.9 Å². The molecule has 1 aliphatic heterocycles. The van der Waals surface area contributed by atoms with E-state index in [-0.39, 0.29) is 17.9 Å². The maximum absolute atomic E-state index is 13.2. The van der Waals surface area contributed by atoms with Crippen molar-refractivity contribution in [3.8, 4) is 5.69 Å². The predicted molar refractivity (Wildman–Crippen MR) is 126 cm³/mol. The minimum Gasteiger partial charge on any atom is -0.349 e. The lowest BCUT2D eigenvalue weighted by molar-refractivity contribution is 0.0697. The minimum absolute atomic E-state index is 0.0524. The Kier molecular flexibility index (Phi) is 6.28. The van der Waals surface area contributed by atoms with Crippen LogP contribution in [0.2, 0.25) is 0 Å². The number of carbonyl (C=O) groups excluding carboxylic acids is 2. The first kappa shape index (κ1) is 21.4. The molecule has 3 aromatic rings. The maximum Gasteiger partial charge on any atom is 0.255 e. The van der Waals surface area contributed by atoms with Crippen LogP contribution < -0.4 is 5.32 Å². The van der Waals surface area contributed by atoms with Crippen molar-refractivity contribution >= 4 is 27.7 Å². The molecule has 31 heavy (non-hydrogen) atoms. The molecule has 0 unspecified atom stereocenters. The summed E-state index contributed by atoms with van der Waals surface area (Å²) in [6.07, 6.45) is 1.52. The van der Waals surface area contributed by atoms with Gasteiger partial charge in [0.15, 0.2) is 0 Å². The number of amides is 2. The molecule has 0 radical (unpaired) electrons. The van der Waals surface area contributed by atoms with Gasteiger partial charge in [-0.2, -0.15) is 0 Å². The second-order valence-electron chi connectivity index (χ2n) is 8.00. The van der Waals surface area contributed by atoms with Gasteiger partial charge in [0.25, 0.3) is 11.8 Å². The molecule has 1 aliphatic rings. The maximum atomic E-state index is 13.2. The third-order valence-corrected chi connectivity index (χ3v) is 6.43. The highest BCUT2D eigenvalue weighted by Crippen LogP contribution is 2.24. The number of aromatic nitrogens is 1. The molecule has 5 nitrogen and oxygen atoms in total. The molecule has 1 fully saturated rings. The number of hydrogen-bond donors (Lipinski definition) is 1. The van der Waals surface area contributed by atoms with Crippen molar-refractivity contribution in [1.29, 1.82) is 0 Å². The lowest BCUT2D eigenvalue weighted by atomic mass is 10.0. The number of nitrogens with one attached hydrogen (secondary N) is 1. The Morgan fingerprint density at radius 3 is 2.26 bits per heavy atom. The Labute approximate surface area is 191 Å². The zero-order valence-electron chi connectivity index (χ0n) is 17.8. The van der Waals surface area contributed by atoms with Gasteiger partial charge in [-0.3, -0.25) is 9.59 Å². The monoisotopic (exact) mass is 479 g/mol. The van der Waals surface area contributed by atoms with E-state index in [9.17, 15) is 9.59 Å². The summed E-state index contributed by atoms with van der Waals surface area (Å²) in [7, 11) is 0. The van der Waals surface area contributed by atoms with Crippen molar-refractivity contribution in [2.24, 2.45) is 0 Å². The lowest BCUT2D eigenvalue weighted by Gasteiger charge is -2.32. The zero-order valence-corrected chi connectivity index (χ0v) is 19.4. The fourth-order valence-corrected chi connectivity index (χ4v) is 4.49. The van der Waals surface area contributed by atoms with Crippen LogP contribution in [0, 0.1) is 13.8 Å². The van der Waals surface area contributed by atoms with Gasteiger partial charge in [-0.1, -0.05) is 34.1 Å². The summed E-state index contributed by atoms with van der Waals surface area (Å²) < 4.78 is 3.14. The van der Waals surface area contributed by atoms with Crippen molar-refractivity contribution in [3.05, 3.63) is 87.7 Å². The Bertz CT molecular complexity index is 1080. The van der Waals surface area contributed by atoms with Gasteiger partial charge in [0.1, 0.15) is 0 Å². The van der Waals surface area contributed by atoms with Crippen molar-refractivity contribution in [2.75, 3.05) is 13.1 Å². The number of piperidine rings is 1. The Morgan fingerprint density at radius 1 is 0.968 bits per heavy atom. The van der Waals surface area contributed by atoms with E-state index in [1.54, 1.807) is 0 Å². The van der Waals surface area contributed by atoms with Gasteiger partial charge in [0.2, 0.25) is 0 Å². The molecule has 2 amide bonds. The molecule has 0 saturated carbocycles. The van der Waals surface area contributed by atoms with Gasteiger partial charge in [-0.15, -0.1) is 0 Å². The van der Waals surface area contributed by atoms with Gasteiger partial charge in [0, 0.05) is 46.2 Å². The van der Waals surface area contributed by atoms with E-state index >= 15 is 0 Å². The van der Waals surface area contributed by atoms with Crippen LogP contribution in [0.5, 0.6) is 0 Å². The van der Waals surface area contributed by atoms with E-state index in [1.807, 2.05) is 79.4 Å². The van der Waals surface area contributed by atoms with Crippen LogP contribution in [-0.2, 0) is 0 Å². The van der Waals surface area contributed by atoms with Crippen LogP contribution in [0.15, 0.2) is 65.1 Å². The molecule has 2 heterocycles. The first-order valence-electron chi connectivity index (χ1n) is 10.5. The minimum atomic E-state index is -0.0524. The number of likely N-dealkylation sites (tertiary alicyclic amines) is 1. The van der Waals surface area contributed by atoms with Crippen LogP contribution in [0.3, 0.4) is 0 Å². The number of benzene rings is 2. The average Bonchev–Trinajstić information content (AvgIpc) is 3.09. The predicted octanol–water partition coefficient (Wildman–Crippen LogP) is 4.89. The zero-order chi connectivity index (χ0) is 22.0. The largest absolute Gasteiger partial charge is 0.349 e. The summed E-state index contributed by atoms with van der Waals surface area (Å²) in [5.74, 6) is 0.00715. The van der Waals surface area contributed by atoms with Crippen molar-refractivity contribution in [2.45, 2.75) is 32.7 Å². The SMILES string of the molecule is Cc1cc(C(=O)N2CCC(NC(=O)c3ccccc3)CC2)c(C)n1-c1ccc(Br)cc1. The van der Waals surface area contributed by atoms with E-state index in [4.69, 9.17) is 0 Å². The molecule has 0 spiro atoms. The lowest BCUT2D eigenvalue weighted by Crippen LogP contribution is -2.46. The molecule has 6 heteroatoms. The normalized spacial score (nSPS) is 14.5. The number of aryl methyl sites for hydroxylation is 1. The molecule has 0 aliphatic carbocycles. The number of nitrogens with zero attached hydrogens (tertiary/aromatic N) is 2. The van der Waals surface area contributed by atoms with Crippen molar-refractivity contribution in [1.82, 2.24) is 14.8 Å². The van der Waals surface area contributed by atoms with E-state index in [1.165, 1.54) is 0 Å². The summed E-state index contributed by atoms with van der Waals surface area (Å²) in [5.41, 5.74) is 4.44. The average molecular weight is 480 g/mol. The molecule has 1 saturated heterocycles. The standard InChI is InChI=1S/C25H26BrN3O2/c1-17-16-23(18(2)29(17)22-10-8-20(26)9-11-22)25(31)28-14-12-21(13-15-28)27-24(30)19-6-4-3-5-7-19/h3-11,16,21H,12-15H2,1-2H3,(H,27,30). The van der Waals surface area contributed by atoms with E-state index < -0.39 is 0 Å². The molecule has 2 aromatic carbocycles. The molecule has 1 N–H and O–H groups in total. The van der Waals surface area contributed by atoms with Crippen LogP contribution in [-0.4, -0.2) is 40.4 Å². The fourth-order valence-electron chi connectivity index (χ4n) is 4.22. The second-order valence-corrected chi connectivity index (χ2v) is 8.92. The highest BCUT2D eigenvalue weighted by atomic mass is 79.9. The highest BCUT2D eigenvalue weighted by Gasteiger charge is 2.27. The first-order chi connectivity index (χ1) is 14.9. The van der Waals surface area contributed by atoms with Gasteiger partial charge in [-0.05, 0) is 69.2 Å². The number of halogens is 1. The molecule has 0 bridgehead atoms. The molecular formula is C25H26BrN3O2. The number of hydrogen-bond acceptors (Lipinski definition) is 2. The van der Waals surface area contributed by atoms with Crippen LogP contribution in [0.1, 0.15) is 44.9 Å². The summed E-state index contributed by atoms with van der Waals surface area (Å²) in [5, 5.41) is 3.10. The smallest absolute Gasteiger partial charge is 0.255 e. The van der Waals surface area contributed by atoms with Gasteiger partial charge >= 0.3 is 0 Å². The Morgan fingerprint density at radius 2 is 1.61 bits per heavy atom. The third-order valence-electron chi connectivity index (χ3n) is 5.90. The van der Waals surface area contributed by atoms with Gasteiger partial charge < -0.3 is 14.8 Å². The summed E-state index contributed by atoms with van der Waals surface area (Å²) in [4.78, 5) is 27.5.